The molecule has 1 N–H and O–H groups in total. The zero-order chi connectivity index (χ0) is 14.2. The van der Waals surface area contributed by atoms with Crippen LogP contribution in [0.5, 0.6) is 0 Å². The van der Waals surface area contributed by atoms with Crippen LogP contribution in [0.25, 0.3) is 10.8 Å². The number of nitrogens with one attached hydrogen (secondary N) is 1. The number of anilines is 1. The Kier molecular flexibility index (Phi) is 5.18. The van der Waals surface area contributed by atoms with Gasteiger partial charge in [0, 0.05) is 5.39 Å². The minimum atomic E-state index is -0.403. The summed E-state index contributed by atoms with van der Waals surface area (Å²) in [6.07, 6.45) is 4.27. The van der Waals surface area contributed by atoms with Gasteiger partial charge in [-0.25, -0.2) is 4.79 Å². The van der Waals surface area contributed by atoms with Gasteiger partial charge in [-0.05, 0) is 30.7 Å². The van der Waals surface area contributed by atoms with E-state index in [-0.39, 0.29) is 0 Å². The number of rotatable bonds is 6. The summed E-state index contributed by atoms with van der Waals surface area (Å²) in [5.41, 5.74) is 0.777. The minimum absolute atomic E-state index is 0.403. The van der Waals surface area contributed by atoms with E-state index in [0.717, 1.165) is 35.7 Å². The fraction of sp³-hybridized carbons (Fsp3) is 0.235. The number of hydrogen-bond acceptors (Lipinski definition) is 2. The summed E-state index contributed by atoms with van der Waals surface area (Å²) in [6.45, 7) is 4.09. The maximum Gasteiger partial charge on any atom is 0.411 e. The molecule has 0 aliphatic heterocycles. The molecular weight excluding hydrogens is 250 g/mol. The Bertz CT molecular complexity index is 587. The molecular formula is C17H19NO2. The number of benzene rings is 2. The van der Waals surface area contributed by atoms with Crippen LogP contribution >= 0.6 is 0 Å². The Morgan fingerprint density at radius 1 is 1.15 bits per heavy atom. The van der Waals surface area contributed by atoms with Gasteiger partial charge in [-0.15, -0.1) is 6.58 Å². The first-order chi connectivity index (χ1) is 9.81. The molecule has 0 bridgehead atoms. The van der Waals surface area contributed by atoms with Crippen LogP contribution in [0, 0.1) is 0 Å². The average molecular weight is 269 g/mol. The Balaban J connectivity index is 1.91. The number of allylic oxidation sites excluding steroid dienone is 1. The number of hydrogen-bond donors (Lipinski definition) is 1. The van der Waals surface area contributed by atoms with E-state index >= 15 is 0 Å². The molecule has 3 heteroatoms. The number of fused-ring (bicyclic) bond motifs is 1. The summed E-state index contributed by atoms with van der Waals surface area (Å²) in [5, 5.41) is 4.90. The summed E-state index contributed by atoms with van der Waals surface area (Å²) in [6, 6.07) is 13.7. The van der Waals surface area contributed by atoms with Crippen LogP contribution < -0.4 is 5.32 Å². The Labute approximate surface area is 119 Å². The van der Waals surface area contributed by atoms with Crippen molar-refractivity contribution in [2.45, 2.75) is 19.3 Å². The molecule has 0 aromatic heterocycles. The van der Waals surface area contributed by atoms with E-state index in [1.165, 1.54) is 0 Å². The molecule has 3 nitrogen and oxygen atoms in total. The molecule has 0 unspecified atom stereocenters. The van der Waals surface area contributed by atoms with Gasteiger partial charge in [0.15, 0.2) is 0 Å². The van der Waals surface area contributed by atoms with E-state index in [4.69, 9.17) is 4.74 Å². The van der Waals surface area contributed by atoms with Crippen molar-refractivity contribution in [2.75, 3.05) is 11.9 Å². The van der Waals surface area contributed by atoms with Crippen LogP contribution in [0.1, 0.15) is 19.3 Å². The Morgan fingerprint density at radius 3 is 2.80 bits per heavy atom. The number of carbonyl (C=O) groups is 1. The highest BCUT2D eigenvalue weighted by Crippen LogP contribution is 2.22. The highest BCUT2D eigenvalue weighted by Gasteiger charge is 2.05. The number of unbranched alkanes of at least 4 members (excludes halogenated alkanes) is 2. The van der Waals surface area contributed by atoms with E-state index < -0.39 is 6.09 Å². The molecule has 0 fully saturated rings. The molecule has 104 valence electrons. The van der Waals surface area contributed by atoms with Crippen molar-refractivity contribution in [2.24, 2.45) is 0 Å². The van der Waals surface area contributed by atoms with Gasteiger partial charge in [0.25, 0.3) is 0 Å². The van der Waals surface area contributed by atoms with Gasteiger partial charge in [-0.2, -0.15) is 0 Å². The first-order valence-electron chi connectivity index (χ1n) is 6.83. The highest BCUT2D eigenvalue weighted by molar-refractivity contribution is 6.00. The van der Waals surface area contributed by atoms with E-state index in [2.05, 4.69) is 11.9 Å². The molecule has 0 radical (unpaired) electrons. The second-order valence-corrected chi connectivity index (χ2v) is 4.57. The first kappa shape index (κ1) is 14.1. The quantitative estimate of drug-likeness (QED) is 0.607. The minimum Gasteiger partial charge on any atom is -0.449 e. The molecule has 2 rings (SSSR count). The summed E-state index contributed by atoms with van der Waals surface area (Å²) < 4.78 is 5.16. The van der Waals surface area contributed by atoms with Crippen molar-refractivity contribution in [3.05, 3.63) is 55.1 Å². The van der Waals surface area contributed by atoms with Gasteiger partial charge < -0.3 is 4.74 Å². The fourth-order valence-electron chi connectivity index (χ4n) is 2.04. The van der Waals surface area contributed by atoms with E-state index in [1.807, 2.05) is 48.5 Å². The van der Waals surface area contributed by atoms with Crippen molar-refractivity contribution in [1.82, 2.24) is 0 Å². The summed E-state index contributed by atoms with van der Waals surface area (Å²) in [5.74, 6) is 0. The van der Waals surface area contributed by atoms with Crippen LogP contribution in [0.3, 0.4) is 0 Å². The zero-order valence-electron chi connectivity index (χ0n) is 11.5. The highest BCUT2D eigenvalue weighted by atomic mass is 16.5. The van der Waals surface area contributed by atoms with Crippen molar-refractivity contribution < 1.29 is 9.53 Å². The number of ether oxygens (including phenoxy) is 1. The second-order valence-electron chi connectivity index (χ2n) is 4.57. The van der Waals surface area contributed by atoms with Crippen LogP contribution in [-0.2, 0) is 4.74 Å². The van der Waals surface area contributed by atoms with E-state index in [0.29, 0.717) is 6.61 Å². The molecule has 0 heterocycles. The summed E-state index contributed by atoms with van der Waals surface area (Å²) >= 11 is 0. The number of amides is 1. The van der Waals surface area contributed by atoms with Gasteiger partial charge in [-0.3, -0.25) is 5.32 Å². The largest absolute Gasteiger partial charge is 0.449 e. The third-order valence-corrected chi connectivity index (χ3v) is 3.06. The normalized spacial score (nSPS) is 10.2. The van der Waals surface area contributed by atoms with Crippen molar-refractivity contribution in [3.63, 3.8) is 0 Å². The summed E-state index contributed by atoms with van der Waals surface area (Å²) in [7, 11) is 0. The maximum absolute atomic E-state index is 11.7. The molecule has 2 aromatic rings. The molecule has 2 aromatic carbocycles. The van der Waals surface area contributed by atoms with Crippen LogP contribution in [-0.4, -0.2) is 12.7 Å². The lowest BCUT2D eigenvalue weighted by atomic mass is 10.1. The molecule has 0 aliphatic carbocycles. The van der Waals surface area contributed by atoms with Crippen molar-refractivity contribution >= 4 is 22.6 Å². The van der Waals surface area contributed by atoms with Gasteiger partial charge in [0.1, 0.15) is 0 Å². The zero-order valence-corrected chi connectivity index (χ0v) is 11.5. The van der Waals surface area contributed by atoms with E-state index in [9.17, 15) is 4.79 Å². The van der Waals surface area contributed by atoms with Gasteiger partial charge in [-0.1, -0.05) is 42.5 Å². The van der Waals surface area contributed by atoms with Crippen molar-refractivity contribution in [3.8, 4) is 0 Å². The Morgan fingerprint density at radius 2 is 1.95 bits per heavy atom. The van der Waals surface area contributed by atoms with Crippen LogP contribution in [0.15, 0.2) is 55.1 Å². The third-order valence-electron chi connectivity index (χ3n) is 3.06. The van der Waals surface area contributed by atoms with Gasteiger partial charge in [0.05, 0.1) is 12.3 Å². The Hall–Kier alpha value is -2.29. The molecule has 0 saturated heterocycles. The number of carbonyl (C=O) groups excluding carboxylic acids is 1. The molecule has 1 amide bonds. The predicted molar refractivity (Wildman–Crippen MR) is 83.0 cm³/mol. The molecule has 20 heavy (non-hydrogen) atoms. The van der Waals surface area contributed by atoms with Gasteiger partial charge in [0.2, 0.25) is 0 Å². The second kappa shape index (κ2) is 7.34. The van der Waals surface area contributed by atoms with Crippen molar-refractivity contribution in [1.29, 1.82) is 0 Å². The molecule has 0 aliphatic rings. The van der Waals surface area contributed by atoms with Crippen LogP contribution in [0.2, 0.25) is 0 Å². The molecule has 0 atom stereocenters. The average Bonchev–Trinajstić information content (AvgIpc) is 2.47. The fourth-order valence-corrected chi connectivity index (χ4v) is 2.04. The van der Waals surface area contributed by atoms with Gasteiger partial charge >= 0.3 is 6.09 Å². The topological polar surface area (TPSA) is 38.3 Å². The summed E-state index contributed by atoms with van der Waals surface area (Å²) in [4.78, 5) is 11.7. The monoisotopic (exact) mass is 269 g/mol. The lowest BCUT2D eigenvalue weighted by Crippen LogP contribution is -2.14. The molecule has 0 saturated carbocycles. The van der Waals surface area contributed by atoms with E-state index in [1.54, 1.807) is 0 Å². The first-order valence-corrected chi connectivity index (χ1v) is 6.83. The smallest absolute Gasteiger partial charge is 0.411 e. The lowest BCUT2D eigenvalue weighted by molar-refractivity contribution is 0.159. The van der Waals surface area contributed by atoms with Crippen LogP contribution in [0.4, 0.5) is 10.5 Å². The standard InChI is InChI=1S/C17H19NO2/c1-2-3-4-7-13-20-17(19)18-16-12-8-10-14-9-5-6-11-15(14)16/h2,5-6,8-12H,1,3-4,7,13H2,(H,18,19). The predicted octanol–water partition coefficient (Wildman–Crippen LogP) is 4.74. The molecule has 0 spiro atoms. The SMILES string of the molecule is C=CCCCCOC(=O)Nc1cccc2ccccc12. The maximum atomic E-state index is 11.7. The lowest BCUT2D eigenvalue weighted by Gasteiger charge is -2.09. The third kappa shape index (κ3) is 3.85.